The second kappa shape index (κ2) is 6.70. The SMILES string of the molecule is Cc1ccccc1Cn1cc(NC(=O)c2cc(C(C)C)on2)cn1. The lowest BCUT2D eigenvalue weighted by atomic mass is 10.1. The van der Waals surface area contributed by atoms with E-state index in [9.17, 15) is 4.79 Å². The smallest absolute Gasteiger partial charge is 0.277 e. The predicted molar refractivity (Wildman–Crippen MR) is 91.1 cm³/mol. The lowest BCUT2D eigenvalue weighted by molar-refractivity contribution is 0.101. The standard InChI is InChI=1S/C18H20N4O2/c1-12(2)17-8-16(21-24-17)18(23)20-15-9-19-22(11-15)10-14-7-5-4-6-13(14)3/h4-9,11-12H,10H2,1-3H3,(H,20,23). The van der Waals surface area contributed by atoms with Gasteiger partial charge < -0.3 is 9.84 Å². The van der Waals surface area contributed by atoms with Gasteiger partial charge in [0.15, 0.2) is 5.69 Å². The van der Waals surface area contributed by atoms with Crippen LogP contribution in [0.15, 0.2) is 47.2 Å². The van der Waals surface area contributed by atoms with Crippen molar-refractivity contribution in [2.75, 3.05) is 5.32 Å². The highest BCUT2D eigenvalue weighted by atomic mass is 16.5. The fourth-order valence-corrected chi connectivity index (χ4v) is 2.34. The van der Waals surface area contributed by atoms with Crippen molar-refractivity contribution >= 4 is 11.6 Å². The first-order valence-corrected chi connectivity index (χ1v) is 7.88. The summed E-state index contributed by atoms with van der Waals surface area (Å²) < 4.78 is 6.94. The maximum absolute atomic E-state index is 12.2. The minimum Gasteiger partial charge on any atom is -0.360 e. The Balaban J connectivity index is 1.67. The van der Waals surface area contributed by atoms with Crippen molar-refractivity contribution in [1.82, 2.24) is 14.9 Å². The maximum atomic E-state index is 12.2. The van der Waals surface area contributed by atoms with Crippen molar-refractivity contribution in [3.05, 3.63) is 65.3 Å². The van der Waals surface area contributed by atoms with Crippen molar-refractivity contribution < 1.29 is 9.32 Å². The summed E-state index contributed by atoms with van der Waals surface area (Å²) in [5.41, 5.74) is 3.30. The number of rotatable bonds is 5. The molecule has 3 aromatic rings. The van der Waals surface area contributed by atoms with E-state index in [-0.39, 0.29) is 17.5 Å². The first-order chi connectivity index (χ1) is 11.5. The van der Waals surface area contributed by atoms with E-state index >= 15 is 0 Å². The molecule has 124 valence electrons. The zero-order valence-corrected chi connectivity index (χ0v) is 14.0. The molecule has 2 heterocycles. The molecule has 0 fully saturated rings. The van der Waals surface area contributed by atoms with E-state index in [1.807, 2.05) is 26.0 Å². The van der Waals surface area contributed by atoms with Crippen molar-refractivity contribution in [2.45, 2.75) is 33.2 Å². The van der Waals surface area contributed by atoms with Gasteiger partial charge >= 0.3 is 0 Å². The van der Waals surface area contributed by atoms with Crippen LogP contribution in [0.1, 0.15) is 47.1 Å². The molecule has 0 bridgehead atoms. The zero-order valence-electron chi connectivity index (χ0n) is 14.0. The van der Waals surface area contributed by atoms with Crippen molar-refractivity contribution in [2.24, 2.45) is 0 Å². The molecule has 1 N–H and O–H groups in total. The molecule has 0 saturated carbocycles. The number of nitrogens with one attached hydrogen (secondary N) is 1. The summed E-state index contributed by atoms with van der Waals surface area (Å²) in [6.45, 7) is 6.69. The average Bonchev–Trinajstić information content (AvgIpc) is 3.19. The van der Waals surface area contributed by atoms with E-state index in [0.29, 0.717) is 18.0 Å². The molecule has 0 atom stereocenters. The summed E-state index contributed by atoms with van der Waals surface area (Å²) in [7, 11) is 0. The fourth-order valence-electron chi connectivity index (χ4n) is 2.34. The molecule has 1 amide bonds. The van der Waals surface area contributed by atoms with Crippen LogP contribution >= 0.6 is 0 Å². The quantitative estimate of drug-likeness (QED) is 0.778. The number of hydrogen-bond donors (Lipinski definition) is 1. The Kier molecular flexibility index (Phi) is 4.46. The first-order valence-electron chi connectivity index (χ1n) is 7.88. The highest BCUT2D eigenvalue weighted by Crippen LogP contribution is 2.16. The molecule has 1 aromatic carbocycles. The Hall–Kier alpha value is -2.89. The molecule has 0 saturated heterocycles. The van der Waals surface area contributed by atoms with Gasteiger partial charge in [0.1, 0.15) is 5.76 Å². The van der Waals surface area contributed by atoms with E-state index < -0.39 is 0 Å². The number of carbonyl (C=O) groups excluding carboxylic acids is 1. The number of benzene rings is 1. The van der Waals surface area contributed by atoms with Crippen LogP contribution in [0.3, 0.4) is 0 Å². The second-order valence-electron chi connectivity index (χ2n) is 6.08. The third kappa shape index (κ3) is 3.53. The topological polar surface area (TPSA) is 73.0 Å². The summed E-state index contributed by atoms with van der Waals surface area (Å²) >= 11 is 0. The van der Waals surface area contributed by atoms with Crippen LogP contribution in [0.25, 0.3) is 0 Å². The molecule has 0 aliphatic rings. The van der Waals surface area contributed by atoms with Gasteiger partial charge in [-0.25, -0.2) is 0 Å². The number of hydrogen-bond acceptors (Lipinski definition) is 4. The van der Waals surface area contributed by atoms with Crippen LogP contribution in [0, 0.1) is 6.92 Å². The molecule has 2 aromatic heterocycles. The molecule has 0 radical (unpaired) electrons. The van der Waals surface area contributed by atoms with Gasteiger partial charge in [-0.2, -0.15) is 5.10 Å². The molecular weight excluding hydrogens is 304 g/mol. The van der Waals surface area contributed by atoms with Crippen LogP contribution in [-0.4, -0.2) is 20.8 Å². The summed E-state index contributed by atoms with van der Waals surface area (Å²) in [5, 5.41) is 10.9. The molecule has 0 unspecified atom stereocenters. The Morgan fingerprint density at radius 1 is 1.33 bits per heavy atom. The number of aromatic nitrogens is 3. The lowest BCUT2D eigenvalue weighted by Crippen LogP contribution is -2.11. The number of aryl methyl sites for hydroxylation is 1. The van der Waals surface area contributed by atoms with Gasteiger partial charge in [0, 0.05) is 18.2 Å². The summed E-state index contributed by atoms with van der Waals surface area (Å²) in [5.74, 6) is 0.576. The van der Waals surface area contributed by atoms with Gasteiger partial charge in [-0.15, -0.1) is 0 Å². The molecule has 6 heteroatoms. The van der Waals surface area contributed by atoms with Crippen molar-refractivity contribution in [3.8, 4) is 0 Å². The highest BCUT2D eigenvalue weighted by Gasteiger charge is 2.15. The number of nitrogens with zero attached hydrogens (tertiary/aromatic N) is 3. The Labute approximate surface area is 140 Å². The summed E-state index contributed by atoms with van der Waals surface area (Å²) in [6, 6.07) is 9.82. The minimum atomic E-state index is -0.305. The summed E-state index contributed by atoms with van der Waals surface area (Å²) in [4.78, 5) is 12.2. The monoisotopic (exact) mass is 324 g/mol. The van der Waals surface area contributed by atoms with Gasteiger partial charge in [-0.05, 0) is 18.1 Å². The van der Waals surface area contributed by atoms with Gasteiger partial charge in [0.2, 0.25) is 0 Å². The Bertz CT molecular complexity index is 848. The Morgan fingerprint density at radius 2 is 2.12 bits per heavy atom. The molecular formula is C18H20N4O2. The van der Waals surface area contributed by atoms with Gasteiger partial charge in [-0.1, -0.05) is 43.3 Å². The predicted octanol–water partition coefficient (Wildman–Crippen LogP) is 3.60. The van der Waals surface area contributed by atoms with Crippen molar-refractivity contribution in [1.29, 1.82) is 0 Å². The molecule has 6 nitrogen and oxygen atoms in total. The number of carbonyl (C=O) groups is 1. The number of anilines is 1. The third-order valence-corrected chi connectivity index (χ3v) is 3.81. The largest absolute Gasteiger partial charge is 0.360 e. The average molecular weight is 324 g/mol. The van der Waals surface area contributed by atoms with Gasteiger partial charge in [0.25, 0.3) is 5.91 Å². The lowest BCUT2D eigenvalue weighted by Gasteiger charge is -2.05. The van der Waals surface area contributed by atoms with Gasteiger partial charge in [-0.3, -0.25) is 9.48 Å². The molecule has 0 aliphatic carbocycles. The van der Waals surface area contributed by atoms with Crippen LogP contribution in [0.4, 0.5) is 5.69 Å². The van der Waals surface area contributed by atoms with Crippen LogP contribution in [0.2, 0.25) is 0 Å². The maximum Gasteiger partial charge on any atom is 0.277 e. The van der Waals surface area contributed by atoms with E-state index in [0.717, 1.165) is 0 Å². The molecule has 0 spiro atoms. The normalized spacial score (nSPS) is 11.0. The highest BCUT2D eigenvalue weighted by molar-refractivity contribution is 6.02. The first kappa shape index (κ1) is 16.0. The zero-order chi connectivity index (χ0) is 17.1. The van der Waals surface area contributed by atoms with Crippen molar-refractivity contribution in [3.63, 3.8) is 0 Å². The summed E-state index contributed by atoms with van der Waals surface area (Å²) in [6.07, 6.45) is 3.42. The van der Waals surface area contributed by atoms with Crippen LogP contribution < -0.4 is 5.32 Å². The third-order valence-electron chi connectivity index (χ3n) is 3.81. The van der Waals surface area contributed by atoms with E-state index in [2.05, 4.69) is 34.6 Å². The van der Waals surface area contributed by atoms with E-state index in [4.69, 9.17) is 4.52 Å². The molecule has 3 rings (SSSR count). The molecule has 0 aliphatic heterocycles. The van der Waals surface area contributed by atoms with E-state index in [1.54, 1.807) is 23.1 Å². The van der Waals surface area contributed by atoms with Crippen LogP contribution in [-0.2, 0) is 6.54 Å². The second-order valence-corrected chi connectivity index (χ2v) is 6.08. The number of amides is 1. The molecule has 24 heavy (non-hydrogen) atoms. The minimum absolute atomic E-state index is 0.191. The Morgan fingerprint density at radius 3 is 2.83 bits per heavy atom. The van der Waals surface area contributed by atoms with Crippen LogP contribution in [0.5, 0.6) is 0 Å². The van der Waals surface area contributed by atoms with Gasteiger partial charge in [0.05, 0.1) is 18.4 Å². The van der Waals surface area contributed by atoms with E-state index in [1.165, 1.54) is 11.1 Å². The fraction of sp³-hybridized carbons (Fsp3) is 0.278.